The molecule has 3 N–H and O–H groups in total. The van der Waals surface area contributed by atoms with E-state index in [4.69, 9.17) is 17.3 Å². The van der Waals surface area contributed by atoms with Gasteiger partial charge in [0.25, 0.3) is 0 Å². The number of nitrogens with one attached hydrogen (secondary N) is 1. The zero-order chi connectivity index (χ0) is 20.6. The standard InChI is InChI=1S/C21H20ClN7/c1-13(23)14-6-7-18-27-17(12-29(18)11-14)15-9-25-20(26-10-15)28-21(2,3)19-16(22)5-4-8-24-19/h4-12H,1,23H2,2-3H3,(H,25,26,28). The largest absolute Gasteiger partial charge is 0.399 e. The lowest BCUT2D eigenvalue weighted by Gasteiger charge is -2.26. The van der Waals surface area contributed by atoms with Gasteiger partial charge in [-0.05, 0) is 38.1 Å². The zero-order valence-electron chi connectivity index (χ0n) is 16.1. The van der Waals surface area contributed by atoms with Crippen molar-refractivity contribution < 1.29 is 0 Å². The Balaban J connectivity index is 1.59. The lowest BCUT2D eigenvalue weighted by molar-refractivity contribution is 0.581. The fourth-order valence-electron chi connectivity index (χ4n) is 3.03. The lowest BCUT2D eigenvalue weighted by Crippen LogP contribution is -2.30. The van der Waals surface area contributed by atoms with Crippen LogP contribution in [-0.4, -0.2) is 24.3 Å². The van der Waals surface area contributed by atoms with Crippen LogP contribution in [0.3, 0.4) is 0 Å². The molecule has 4 heterocycles. The van der Waals surface area contributed by atoms with Crippen molar-refractivity contribution in [3.8, 4) is 11.3 Å². The molecule has 8 heteroatoms. The van der Waals surface area contributed by atoms with Gasteiger partial charge < -0.3 is 15.5 Å². The first-order valence-electron chi connectivity index (χ1n) is 8.98. The number of pyridine rings is 2. The molecule has 0 aliphatic rings. The minimum Gasteiger partial charge on any atom is -0.399 e. The molecule has 0 atom stereocenters. The van der Waals surface area contributed by atoms with Crippen molar-refractivity contribution in [1.29, 1.82) is 0 Å². The van der Waals surface area contributed by atoms with Crippen LogP contribution >= 0.6 is 11.6 Å². The molecule has 0 fully saturated rings. The molecule has 0 radical (unpaired) electrons. The second kappa shape index (κ2) is 7.18. The van der Waals surface area contributed by atoms with E-state index in [1.165, 1.54) is 0 Å². The Labute approximate surface area is 173 Å². The van der Waals surface area contributed by atoms with Crippen LogP contribution in [-0.2, 0) is 5.54 Å². The zero-order valence-corrected chi connectivity index (χ0v) is 16.9. The number of halogens is 1. The molecule has 0 aromatic carbocycles. The van der Waals surface area contributed by atoms with E-state index in [-0.39, 0.29) is 0 Å². The van der Waals surface area contributed by atoms with Crippen LogP contribution in [0.1, 0.15) is 25.1 Å². The third kappa shape index (κ3) is 3.77. The number of hydrogen-bond donors (Lipinski definition) is 2. The van der Waals surface area contributed by atoms with Gasteiger partial charge in [0, 0.05) is 47.8 Å². The van der Waals surface area contributed by atoms with Crippen LogP contribution in [0.25, 0.3) is 22.6 Å². The fraction of sp³-hybridized carbons (Fsp3) is 0.143. The first-order chi connectivity index (χ1) is 13.8. The minimum absolute atomic E-state index is 0.478. The molecule has 4 rings (SSSR count). The van der Waals surface area contributed by atoms with Gasteiger partial charge in [0.2, 0.25) is 5.95 Å². The van der Waals surface area contributed by atoms with Crippen molar-refractivity contribution in [1.82, 2.24) is 24.3 Å². The summed E-state index contributed by atoms with van der Waals surface area (Å²) in [6.45, 7) is 7.72. The van der Waals surface area contributed by atoms with Crippen molar-refractivity contribution in [2.75, 3.05) is 5.32 Å². The molecule has 0 saturated carbocycles. The van der Waals surface area contributed by atoms with Gasteiger partial charge in [-0.2, -0.15) is 0 Å². The van der Waals surface area contributed by atoms with Crippen molar-refractivity contribution in [3.05, 3.63) is 78.1 Å². The van der Waals surface area contributed by atoms with Gasteiger partial charge in [0.05, 0.1) is 21.9 Å². The van der Waals surface area contributed by atoms with E-state index in [9.17, 15) is 0 Å². The molecule has 146 valence electrons. The molecule has 7 nitrogen and oxygen atoms in total. The average molecular weight is 406 g/mol. The fourth-order valence-corrected chi connectivity index (χ4v) is 3.39. The predicted molar refractivity (Wildman–Crippen MR) is 115 cm³/mol. The molecule has 29 heavy (non-hydrogen) atoms. The molecule has 4 aromatic heterocycles. The van der Waals surface area contributed by atoms with Gasteiger partial charge >= 0.3 is 0 Å². The van der Waals surface area contributed by atoms with Gasteiger partial charge in [-0.15, -0.1) is 0 Å². The summed E-state index contributed by atoms with van der Waals surface area (Å²) in [7, 11) is 0. The van der Waals surface area contributed by atoms with E-state index in [0.29, 0.717) is 16.7 Å². The Morgan fingerprint density at radius 1 is 1.14 bits per heavy atom. The van der Waals surface area contributed by atoms with E-state index in [1.54, 1.807) is 24.7 Å². The van der Waals surface area contributed by atoms with Crippen LogP contribution in [0.15, 0.2) is 61.8 Å². The van der Waals surface area contributed by atoms with Crippen LogP contribution in [0.2, 0.25) is 5.02 Å². The number of nitrogens with zero attached hydrogens (tertiary/aromatic N) is 5. The van der Waals surface area contributed by atoms with Gasteiger partial charge in [0.1, 0.15) is 5.65 Å². The number of aromatic nitrogens is 5. The Bertz CT molecular complexity index is 1200. The van der Waals surface area contributed by atoms with Crippen molar-refractivity contribution in [3.63, 3.8) is 0 Å². The number of nitrogens with two attached hydrogens (primary N) is 1. The summed E-state index contributed by atoms with van der Waals surface area (Å²) >= 11 is 6.28. The summed E-state index contributed by atoms with van der Waals surface area (Å²) < 4.78 is 1.90. The highest BCUT2D eigenvalue weighted by atomic mass is 35.5. The second-order valence-corrected chi connectivity index (χ2v) is 7.62. The highest BCUT2D eigenvalue weighted by Crippen LogP contribution is 2.28. The van der Waals surface area contributed by atoms with Crippen molar-refractivity contribution in [2.45, 2.75) is 19.4 Å². The van der Waals surface area contributed by atoms with Crippen molar-refractivity contribution in [2.24, 2.45) is 5.73 Å². The molecule has 0 amide bonds. The Hall–Kier alpha value is -3.45. The van der Waals surface area contributed by atoms with Gasteiger partial charge in [-0.1, -0.05) is 18.2 Å². The van der Waals surface area contributed by atoms with Gasteiger partial charge in [-0.25, -0.2) is 15.0 Å². The maximum Gasteiger partial charge on any atom is 0.223 e. The summed E-state index contributed by atoms with van der Waals surface area (Å²) in [6.07, 6.45) is 8.98. The summed E-state index contributed by atoms with van der Waals surface area (Å²) in [4.78, 5) is 17.9. The third-order valence-electron chi connectivity index (χ3n) is 4.54. The Kier molecular flexibility index (Phi) is 4.68. The van der Waals surface area contributed by atoms with Crippen LogP contribution < -0.4 is 11.1 Å². The normalized spacial score (nSPS) is 11.6. The summed E-state index contributed by atoms with van der Waals surface area (Å²) in [5.41, 5.74) is 9.71. The lowest BCUT2D eigenvalue weighted by atomic mass is 10.00. The first-order valence-corrected chi connectivity index (χ1v) is 9.36. The highest BCUT2D eigenvalue weighted by Gasteiger charge is 2.25. The quantitative estimate of drug-likeness (QED) is 0.518. The third-order valence-corrected chi connectivity index (χ3v) is 4.85. The first kappa shape index (κ1) is 18.9. The van der Waals surface area contributed by atoms with E-state index in [0.717, 1.165) is 28.2 Å². The average Bonchev–Trinajstić information content (AvgIpc) is 3.11. The monoisotopic (exact) mass is 405 g/mol. The van der Waals surface area contributed by atoms with Crippen LogP contribution in [0, 0.1) is 0 Å². The molecule has 0 aliphatic carbocycles. The molecular formula is C21H20ClN7. The summed E-state index contributed by atoms with van der Waals surface area (Å²) in [5, 5.41) is 3.87. The van der Waals surface area contributed by atoms with Crippen LogP contribution in [0.4, 0.5) is 5.95 Å². The molecular weight excluding hydrogens is 386 g/mol. The molecule has 0 saturated heterocycles. The minimum atomic E-state index is -0.538. The summed E-state index contributed by atoms with van der Waals surface area (Å²) in [5.74, 6) is 0.478. The number of imidazole rings is 1. The second-order valence-electron chi connectivity index (χ2n) is 7.21. The maximum atomic E-state index is 6.28. The molecule has 0 unspecified atom stereocenters. The SMILES string of the molecule is C=C(N)c1ccc2nc(-c3cnc(NC(C)(C)c4ncccc4Cl)nc3)cn2c1. The number of fused-ring (bicyclic) bond motifs is 1. The van der Waals surface area contributed by atoms with Gasteiger partial charge in [-0.3, -0.25) is 4.98 Å². The van der Waals surface area contributed by atoms with Crippen LogP contribution in [0.5, 0.6) is 0 Å². The van der Waals surface area contributed by atoms with E-state index in [2.05, 4.69) is 31.8 Å². The molecule has 0 spiro atoms. The smallest absolute Gasteiger partial charge is 0.223 e. The molecule has 4 aromatic rings. The topological polar surface area (TPSA) is 94.0 Å². The Morgan fingerprint density at radius 2 is 1.90 bits per heavy atom. The highest BCUT2D eigenvalue weighted by molar-refractivity contribution is 6.31. The molecule has 0 aliphatic heterocycles. The maximum absolute atomic E-state index is 6.28. The molecule has 0 bridgehead atoms. The van der Waals surface area contributed by atoms with E-state index >= 15 is 0 Å². The van der Waals surface area contributed by atoms with Gasteiger partial charge in [0.15, 0.2) is 0 Å². The number of rotatable bonds is 5. The van der Waals surface area contributed by atoms with E-state index < -0.39 is 5.54 Å². The van der Waals surface area contributed by atoms with Crippen molar-refractivity contribution >= 4 is 28.9 Å². The number of hydrogen-bond acceptors (Lipinski definition) is 6. The van der Waals surface area contributed by atoms with E-state index in [1.807, 2.05) is 48.8 Å². The summed E-state index contributed by atoms with van der Waals surface area (Å²) in [6, 6.07) is 7.40. The predicted octanol–water partition coefficient (Wildman–Crippen LogP) is 4.12. The Morgan fingerprint density at radius 3 is 2.59 bits per heavy atom. The number of anilines is 1.